The molecule has 1 aromatic carbocycles. The van der Waals surface area contributed by atoms with Gasteiger partial charge in [-0.1, -0.05) is 6.07 Å². The molecule has 4 nitrogen and oxygen atoms in total. The van der Waals surface area contributed by atoms with Crippen LogP contribution in [0.3, 0.4) is 0 Å². The molecule has 1 heterocycles. The van der Waals surface area contributed by atoms with Crippen LogP contribution in [0.15, 0.2) is 35.7 Å². The molecule has 2 aromatic rings. The lowest BCUT2D eigenvalue weighted by Crippen LogP contribution is -2.36. The molecular formula is C16H20N2O2S. The number of nitrogens with zero attached hydrogens (tertiary/aromatic N) is 1. The van der Waals surface area contributed by atoms with Gasteiger partial charge in [0.05, 0.1) is 12.7 Å². The molecule has 0 radical (unpaired) electrons. The highest BCUT2D eigenvalue weighted by molar-refractivity contribution is 7.09. The lowest BCUT2D eigenvalue weighted by molar-refractivity contribution is 0.0744. The molecule has 1 atom stereocenters. The molecule has 5 heteroatoms. The van der Waals surface area contributed by atoms with Crippen LogP contribution in [0.1, 0.15) is 22.2 Å². The average Bonchev–Trinajstić information content (AvgIpc) is 2.99. The van der Waals surface area contributed by atoms with E-state index in [0.29, 0.717) is 17.0 Å². The molecule has 0 aliphatic rings. The number of rotatable bonds is 5. The fourth-order valence-corrected chi connectivity index (χ4v) is 2.92. The molecule has 2 N–H and O–H groups in total. The number of carbonyl (C=O) groups excluding carboxylic acids is 1. The van der Waals surface area contributed by atoms with Crippen LogP contribution in [0.2, 0.25) is 0 Å². The van der Waals surface area contributed by atoms with Crippen LogP contribution in [0, 0.1) is 0 Å². The molecule has 0 fully saturated rings. The minimum atomic E-state index is -0.0875. The largest absolute Gasteiger partial charge is 0.497 e. The van der Waals surface area contributed by atoms with Crippen LogP contribution in [-0.2, 0) is 6.42 Å². The number of benzene rings is 1. The zero-order valence-corrected chi connectivity index (χ0v) is 13.3. The van der Waals surface area contributed by atoms with E-state index < -0.39 is 0 Å². The van der Waals surface area contributed by atoms with E-state index in [1.54, 1.807) is 48.6 Å². The van der Waals surface area contributed by atoms with Crippen molar-refractivity contribution >= 4 is 22.9 Å². The normalized spacial score (nSPS) is 12.0. The average molecular weight is 304 g/mol. The monoisotopic (exact) mass is 304 g/mol. The van der Waals surface area contributed by atoms with Gasteiger partial charge in [0.1, 0.15) is 5.75 Å². The van der Waals surface area contributed by atoms with Gasteiger partial charge in [-0.2, -0.15) is 0 Å². The van der Waals surface area contributed by atoms with Crippen molar-refractivity contribution in [3.8, 4) is 5.75 Å². The molecule has 2 rings (SSSR count). The van der Waals surface area contributed by atoms with Gasteiger partial charge in [-0.3, -0.25) is 4.79 Å². The third-order valence-electron chi connectivity index (χ3n) is 3.55. The zero-order valence-electron chi connectivity index (χ0n) is 12.5. The van der Waals surface area contributed by atoms with E-state index in [1.807, 2.05) is 18.4 Å². The second kappa shape index (κ2) is 6.63. The van der Waals surface area contributed by atoms with Crippen LogP contribution >= 0.6 is 11.3 Å². The summed E-state index contributed by atoms with van der Waals surface area (Å²) < 4.78 is 5.16. The Kier molecular flexibility index (Phi) is 4.85. The van der Waals surface area contributed by atoms with E-state index in [9.17, 15) is 4.79 Å². The summed E-state index contributed by atoms with van der Waals surface area (Å²) in [6.07, 6.45) is 0.837. The maximum Gasteiger partial charge on any atom is 0.256 e. The molecular weight excluding hydrogens is 284 g/mol. The number of hydrogen-bond donors (Lipinski definition) is 1. The Bertz CT molecular complexity index is 611. The molecule has 1 unspecified atom stereocenters. The first-order valence-corrected chi connectivity index (χ1v) is 7.64. The number of hydrogen-bond acceptors (Lipinski definition) is 4. The summed E-state index contributed by atoms with van der Waals surface area (Å²) >= 11 is 1.70. The maximum atomic E-state index is 12.6. The minimum absolute atomic E-state index is 0.0875. The summed E-state index contributed by atoms with van der Waals surface area (Å²) in [5.41, 5.74) is 6.87. The Morgan fingerprint density at radius 1 is 1.43 bits per heavy atom. The number of likely N-dealkylation sites (N-methyl/N-ethyl adjacent to an activating group) is 1. The van der Waals surface area contributed by atoms with E-state index >= 15 is 0 Å². The van der Waals surface area contributed by atoms with Crippen molar-refractivity contribution in [3.05, 3.63) is 46.2 Å². The van der Waals surface area contributed by atoms with Gasteiger partial charge in [0.2, 0.25) is 0 Å². The lowest BCUT2D eigenvalue weighted by Gasteiger charge is -2.25. The third kappa shape index (κ3) is 3.55. The van der Waals surface area contributed by atoms with Crippen LogP contribution in [-0.4, -0.2) is 31.0 Å². The third-order valence-corrected chi connectivity index (χ3v) is 4.45. The van der Waals surface area contributed by atoms with Gasteiger partial charge >= 0.3 is 0 Å². The summed E-state index contributed by atoms with van der Waals surface area (Å²) in [5.74, 6) is 0.544. The number of amides is 1. The van der Waals surface area contributed by atoms with Gasteiger partial charge in [-0.15, -0.1) is 11.3 Å². The summed E-state index contributed by atoms with van der Waals surface area (Å²) in [4.78, 5) is 15.6. The molecule has 0 saturated heterocycles. The van der Waals surface area contributed by atoms with Crippen molar-refractivity contribution in [2.24, 2.45) is 0 Å². The van der Waals surface area contributed by atoms with E-state index in [1.165, 1.54) is 4.88 Å². The molecule has 0 bridgehead atoms. The van der Waals surface area contributed by atoms with Crippen molar-refractivity contribution in [1.29, 1.82) is 0 Å². The van der Waals surface area contributed by atoms with E-state index in [-0.39, 0.29) is 11.9 Å². The van der Waals surface area contributed by atoms with E-state index in [0.717, 1.165) is 6.42 Å². The highest BCUT2D eigenvalue weighted by atomic mass is 32.1. The van der Waals surface area contributed by atoms with Gasteiger partial charge in [0, 0.05) is 30.1 Å². The number of carbonyl (C=O) groups is 1. The minimum Gasteiger partial charge on any atom is -0.497 e. The highest BCUT2D eigenvalue weighted by Gasteiger charge is 2.20. The van der Waals surface area contributed by atoms with Crippen LogP contribution < -0.4 is 10.5 Å². The fourth-order valence-electron chi connectivity index (χ4n) is 2.09. The molecule has 0 aliphatic heterocycles. The number of thiophene rings is 1. The molecule has 1 amide bonds. The van der Waals surface area contributed by atoms with E-state index in [2.05, 4.69) is 6.07 Å². The number of nitrogen functional groups attached to an aromatic ring is 1. The maximum absolute atomic E-state index is 12.6. The number of nitrogens with two attached hydrogens (primary N) is 1. The van der Waals surface area contributed by atoms with Crippen molar-refractivity contribution in [1.82, 2.24) is 4.90 Å². The van der Waals surface area contributed by atoms with Crippen molar-refractivity contribution in [2.75, 3.05) is 19.9 Å². The molecule has 112 valence electrons. The quantitative estimate of drug-likeness (QED) is 0.864. The topological polar surface area (TPSA) is 55.6 Å². The number of ether oxygens (including phenoxy) is 1. The van der Waals surface area contributed by atoms with E-state index in [4.69, 9.17) is 10.5 Å². The lowest BCUT2D eigenvalue weighted by atomic mass is 10.1. The Morgan fingerprint density at radius 3 is 2.81 bits per heavy atom. The SMILES string of the molecule is COc1ccc(N)c(C(=O)N(C)C(C)Cc2cccs2)c1. The Hall–Kier alpha value is -2.01. The second-order valence-electron chi connectivity index (χ2n) is 5.00. The molecule has 21 heavy (non-hydrogen) atoms. The van der Waals surface area contributed by atoms with Gasteiger partial charge in [-0.05, 0) is 36.6 Å². The van der Waals surface area contributed by atoms with Gasteiger partial charge in [0.25, 0.3) is 5.91 Å². The van der Waals surface area contributed by atoms with Crippen molar-refractivity contribution < 1.29 is 9.53 Å². The number of anilines is 1. The number of methoxy groups -OCH3 is 1. The van der Waals surface area contributed by atoms with Crippen LogP contribution in [0.5, 0.6) is 5.75 Å². The summed E-state index contributed by atoms with van der Waals surface area (Å²) in [6, 6.07) is 9.34. The Labute approximate surface area is 129 Å². The molecule has 0 spiro atoms. The predicted molar refractivity (Wildman–Crippen MR) is 87.0 cm³/mol. The first-order chi connectivity index (χ1) is 10.0. The molecule has 0 aliphatic carbocycles. The second-order valence-corrected chi connectivity index (χ2v) is 6.03. The van der Waals surface area contributed by atoms with Crippen LogP contribution in [0.4, 0.5) is 5.69 Å². The Balaban J connectivity index is 2.14. The van der Waals surface area contributed by atoms with Gasteiger partial charge in [-0.25, -0.2) is 0 Å². The predicted octanol–water partition coefficient (Wildman–Crippen LogP) is 3.04. The van der Waals surface area contributed by atoms with Crippen molar-refractivity contribution in [3.63, 3.8) is 0 Å². The fraction of sp³-hybridized carbons (Fsp3) is 0.312. The molecule has 1 aromatic heterocycles. The first-order valence-electron chi connectivity index (χ1n) is 6.76. The molecule has 0 saturated carbocycles. The van der Waals surface area contributed by atoms with Gasteiger partial charge < -0.3 is 15.4 Å². The highest BCUT2D eigenvalue weighted by Crippen LogP contribution is 2.22. The first kappa shape index (κ1) is 15.4. The zero-order chi connectivity index (χ0) is 15.4. The Morgan fingerprint density at radius 2 is 2.19 bits per heavy atom. The summed E-state index contributed by atoms with van der Waals surface area (Å²) in [5, 5.41) is 2.05. The summed E-state index contributed by atoms with van der Waals surface area (Å²) in [7, 11) is 3.38. The van der Waals surface area contributed by atoms with Gasteiger partial charge in [0.15, 0.2) is 0 Å². The summed E-state index contributed by atoms with van der Waals surface area (Å²) in [6.45, 7) is 2.04. The van der Waals surface area contributed by atoms with Crippen molar-refractivity contribution in [2.45, 2.75) is 19.4 Å². The van der Waals surface area contributed by atoms with Crippen LogP contribution in [0.25, 0.3) is 0 Å². The standard InChI is InChI=1S/C16H20N2O2S/c1-11(9-13-5-4-8-21-13)18(2)16(19)14-10-12(20-3)6-7-15(14)17/h4-8,10-11H,9,17H2,1-3H3. The smallest absolute Gasteiger partial charge is 0.256 e.